The predicted octanol–water partition coefficient (Wildman–Crippen LogP) is 1.20. The van der Waals surface area contributed by atoms with Crippen molar-refractivity contribution in [3.05, 3.63) is 0 Å². The zero-order valence-electron chi connectivity index (χ0n) is 8.11. The molecule has 0 radical (unpaired) electrons. The van der Waals surface area contributed by atoms with Crippen LogP contribution in [-0.4, -0.2) is 47.3 Å². The molecule has 13 heavy (non-hydrogen) atoms. The van der Waals surface area contributed by atoms with Crippen molar-refractivity contribution in [2.24, 2.45) is 5.92 Å². The van der Waals surface area contributed by atoms with E-state index in [4.69, 9.17) is 5.11 Å². The molecule has 0 aliphatic carbocycles. The molecular weight excluding hydrogens is 182 g/mol. The van der Waals surface area contributed by atoms with Gasteiger partial charge in [-0.25, -0.2) is 0 Å². The summed E-state index contributed by atoms with van der Waals surface area (Å²) in [6.07, 6.45) is 3.88. The zero-order valence-corrected chi connectivity index (χ0v) is 8.93. The number of likely N-dealkylation sites (tertiary alicyclic amines) is 1. The lowest BCUT2D eigenvalue weighted by molar-refractivity contribution is 0.146. The highest BCUT2D eigenvalue weighted by molar-refractivity contribution is 7.99. The van der Waals surface area contributed by atoms with Crippen LogP contribution in [0.3, 0.4) is 0 Å². The molecule has 2 saturated heterocycles. The van der Waals surface area contributed by atoms with Crippen LogP contribution in [0.25, 0.3) is 0 Å². The summed E-state index contributed by atoms with van der Waals surface area (Å²) in [5, 5.41) is 9.16. The third-order valence-corrected chi connectivity index (χ3v) is 4.46. The van der Waals surface area contributed by atoms with Crippen molar-refractivity contribution in [2.75, 3.05) is 31.2 Å². The van der Waals surface area contributed by atoms with Gasteiger partial charge in [0, 0.05) is 12.6 Å². The Morgan fingerprint density at radius 2 is 2.31 bits per heavy atom. The van der Waals surface area contributed by atoms with Gasteiger partial charge in [0.05, 0.1) is 6.61 Å². The summed E-state index contributed by atoms with van der Waals surface area (Å²) < 4.78 is 0. The molecule has 76 valence electrons. The fraction of sp³-hybridized carbons (Fsp3) is 1.00. The monoisotopic (exact) mass is 201 g/mol. The van der Waals surface area contributed by atoms with Crippen LogP contribution < -0.4 is 0 Å². The van der Waals surface area contributed by atoms with Crippen LogP contribution in [0, 0.1) is 5.92 Å². The summed E-state index contributed by atoms with van der Waals surface area (Å²) in [7, 11) is 0. The van der Waals surface area contributed by atoms with Gasteiger partial charge in [-0.2, -0.15) is 11.8 Å². The number of rotatable bonds is 3. The molecule has 2 aliphatic rings. The Labute approximate surface area is 84.7 Å². The molecule has 2 heterocycles. The van der Waals surface area contributed by atoms with Gasteiger partial charge in [-0.15, -0.1) is 0 Å². The lowest BCUT2D eigenvalue weighted by Crippen LogP contribution is -2.36. The standard InChI is InChI=1S/C10H19NOS/c12-7-10-2-1-4-11(10)6-9-3-5-13-8-9/h9-10,12H,1-8H2/t9?,10-/m1/s1. The van der Waals surface area contributed by atoms with E-state index in [-0.39, 0.29) is 0 Å². The second-order valence-electron chi connectivity index (χ2n) is 4.20. The van der Waals surface area contributed by atoms with Crippen molar-refractivity contribution in [3.63, 3.8) is 0 Å². The van der Waals surface area contributed by atoms with Gasteiger partial charge in [0.2, 0.25) is 0 Å². The Morgan fingerprint density at radius 1 is 1.38 bits per heavy atom. The first kappa shape index (κ1) is 9.81. The number of aliphatic hydroxyl groups excluding tert-OH is 1. The normalized spacial score (nSPS) is 35.8. The first-order valence-corrected chi connectivity index (χ1v) is 6.48. The minimum absolute atomic E-state index is 0.361. The van der Waals surface area contributed by atoms with Gasteiger partial charge in [0.25, 0.3) is 0 Å². The Hall–Kier alpha value is 0.270. The third kappa shape index (κ3) is 2.39. The van der Waals surface area contributed by atoms with Crippen LogP contribution in [0.2, 0.25) is 0 Å². The van der Waals surface area contributed by atoms with Crippen molar-refractivity contribution in [1.29, 1.82) is 0 Å². The highest BCUT2D eigenvalue weighted by Gasteiger charge is 2.27. The largest absolute Gasteiger partial charge is 0.395 e. The molecule has 1 unspecified atom stereocenters. The van der Waals surface area contributed by atoms with E-state index in [0.717, 1.165) is 5.92 Å². The molecule has 0 aromatic heterocycles. The van der Waals surface area contributed by atoms with E-state index in [1.807, 2.05) is 0 Å². The van der Waals surface area contributed by atoms with Gasteiger partial charge in [-0.05, 0) is 43.2 Å². The van der Waals surface area contributed by atoms with Crippen molar-refractivity contribution < 1.29 is 5.11 Å². The summed E-state index contributed by atoms with van der Waals surface area (Å²) in [4.78, 5) is 2.50. The summed E-state index contributed by atoms with van der Waals surface area (Å²) in [6, 6.07) is 0.477. The zero-order chi connectivity index (χ0) is 9.10. The smallest absolute Gasteiger partial charge is 0.0586 e. The first-order valence-electron chi connectivity index (χ1n) is 5.33. The van der Waals surface area contributed by atoms with E-state index in [1.165, 1.54) is 43.9 Å². The summed E-state index contributed by atoms with van der Waals surface area (Å²) in [5.41, 5.74) is 0. The highest BCUT2D eigenvalue weighted by atomic mass is 32.2. The van der Waals surface area contributed by atoms with Gasteiger partial charge in [0.1, 0.15) is 0 Å². The lowest BCUT2D eigenvalue weighted by Gasteiger charge is -2.25. The van der Waals surface area contributed by atoms with Gasteiger partial charge in [-0.3, -0.25) is 4.90 Å². The second kappa shape index (κ2) is 4.67. The maximum atomic E-state index is 9.16. The van der Waals surface area contributed by atoms with Crippen LogP contribution in [0.4, 0.5) is 0 Å². The molecular formula is C10H19NOS. The number of hydrogen-bond donors (Lipinski definition) is 1. The van der Waals surface area contributed by atoms with Crippen molar-refractivity contribution in [2.45, 2.75) is 25.3 Å². The molecule has 1 N–H and O–H groups in total. The summed E-state index contributed by atoms with van der Waals surface area (Å²) in [5.74, 6) is 3.59. The van der Waals surface area contributed by atoms with Crippen LogP contribution in [0.15, 0.2) is 0 Å². The minimum atomic E-state index is 0.361. The number of thioether (sulfide) groups is 1. The maximum Gasteiger partial charge on any atom is 0.0586 e. The van der Waals surface area contributed by atoms with Gasteiger partial charge in [0.15, 0.2) is 0 Å². The van der Waals surface area contributed by atoms with Gasteiger partial charge in [-0.1, -0.05) is 0 Å². The molecule has 0 amide bonds. The van der Waals surface area contributed by atoms with E-state index in [1.54, 1.807) is 0 Å². The third-order valence-electron chi connectivity index (χ3n) is 3.23. The quantitative estimate of drug-likeness (QED) is 0.742. The average molecular weight is 201 g/mol. The summed E-state index contributed by atoms with van der Waals surface area (Å²) >= 11 is 2.09. The average Bonchev–Trinajstić information content (AvgIpc) is 2.76. The fourth-order valence-corrected chi connectivity index (χ4v) is 3.67. The summed E-state index contributed by atoms with van der Waals surface area (Å²) in [6.45, 7) is 2.81. The molecule has 0 aromatic carbocycles. The molecule has 0 saturated carbocycles. The van der Waals surface area contributed by atoms with Crippen molar-refractivity contribution in [3.8, 4) is 0 Å². The lowest BCUT2D eigenvalue weighted by atomic mass is 10.1. The van der Waals surface area contributed by atoms with Crippen LogP contribution in [-0.2, 0) is 0 Å². The fourth-order valence-electron chi connectivity index (χ4n) is 2.40. The van der Waals surface area contributed by atoms with Gasteiger partial charge >= 0.3 is 0 Å². The van der Waals surface area contributed by atoms with E-state index < -0.39 is 0 Å². The number of nitrogens with zero attached hydrogens (tertiary/aromatic N) is 1. The molecule has 2 nitrogen and oxygen atoms in total. The van der Waals surface area contributed by atoms with E-state index in [9.17, 15) is 0 Å². The predicted molar refractivity (Wildman–Crippen MR) is 57.1 cm³/mol. The molecule has 2 aliphatic heterocycles. The molecule has 3 heteroatoms. The Balaban J connectivity index is 1.79. The maximum absolute atomic E-state index is 9.16. The molecule has 2 fully saturated rings. The Morgan fingerprint density at radius 3 is 3.00 bits per heavy atom. The van der Waals surface area contributed by atoms with E-state index in [2.05, 4.69) is 16.7 Å². The Bertz CT molecular complexity index is 159. The topological polar surface area (TPSA) is 23.5 Å². The minimum Gasteiger partial charge on any atom is -0.395 e. The first-order chi connectivity index (χ1) is 6.40. The van der Waals surface area contributed by atoms with Crippen molar-refractivity contribution in [1.82, 2.24) is 4.90 Å². The molecule has 0 bridgehead atoms. The van der Waals surface area contributed by atoms with Crippen LogP contribution in [0.5, 0.6) is 0 Å². The molecule has 0 aromatic rings. The molecule has 0 spiro atoms. The number of hydrogen-bond acceptors (Lipinski definition) is 3. The molecule has 2 atom stereocenters. The molecule has 2 rings (SSSR count). The number of aliphatic hydroxyl groups is 1. The van der Waals surface area contributed by atoms with Crippen LogP contribution >= 0.6 is 11.8 Å². The highest BCUT2D eigenvalue weighted by Crippen LogP contribution is 2.27. The van der Waals surface area contributed by atoms with Gasteiger partial charge < -0.3 is 5.11 Å². The van der Waals surface area contributed by atoms with Crippen molar-refractivity contribution >= 4 is 11.8 Å². The SMILES string of the molecule is OC[C@H]1CCCN1CC1CCSC1. The van der Waals surface area contributed by atoms with E-state index in [0.29, 0.717) is 12.6 Å². The van der Waals surface area contributed by atoms with E-state index >= 15 is 0 Å². The van der Waals surface area contributed by atoms with Crippen LogP contribution in [0.1, 0.15) is 19.3 Å². The Kier molecular flexibility index (Phi) is 3.52. The second-order valence-corrected chi connectivity index (χ2v) is 5.35.